The van der Waals surface area contributed by atoms with Crippen molar-refractivity contribution in [2.24, 2.45) is 0 Å². The van der Waals surface area contributed by atoms with Crippen LogP contribution in [0.4, 0.5) is 10.5 Å². The Hall–Kier alpha value is -2.48. The molecule has 0 aliphatic carbocycles. The Balaban J connectivity index is 1.33. The molecule has 0 radical (unpaired) electrons. The predicted molar refractivity (Wildman–Crippen MR) is 93.3 cm³/mol. The number of carbonyl (C=O) groups is 2. The van der Waals surface area contributed by atoms with Crippen LogP contribution in [-0.2, 0) is 9.53 Å². The van der Waals surface area contributed by atoms with E-state index < -0.39 is 0 Å². The van der Waals surface area contributed by atoms with Gasteiger partial charge in [-0.1, -0.05) is 0 Å². The van der Waals surface area contributed by atoms with E-state index in [4.69, 9.17) is 14.2 Å². The molecule has 2 saturated heterocycles. The summed E-state index contributed by atoms with van der Waals surface area (Å²) in [5.41, 5.74) is 0.663. The largest absolute Gasteiger partial charge is 0.454 e. The van der Waals surface area contributed by atoms with Crippen molar-refractivity contribution in [2.45, 2.75) is 25.4 Å². The first-order valence-electron chi connectivity index (χ1n) is 9.07. The maximum Gasteiger partial charge on any atom is 0.321 e. The Morgan fingerprint density at radius 3 is 2.65 bits per heavy atom. The van der Waals surface area contributed by atoms with Crippen LogP contribution in [0.1, 0.15) is 19.3 Å². The molecule has 1 N–H and O–H groups in total. The van der Waals surface area contributed by atoms with Crippen LogP contribution >= 0.6 is 0 Å². The minimum absolute atomic E-state index is 0.0560. The van der Waals surface area contributed by atoms with Gasteiger partial charge in [0.05, 0.1) is 0 Å². The van der Waals surface area contributed by atoms with Crippen LogP contribution in [0, 0.1) is 0 Å². The lowest BCUT2D eigenvalue weighted by molar-refractivity contribution is -0.140. The fraction of sp³-hybridized carbons (Fsp3) is 0.556. The summed E-state index contributed by atoms with van der Waals surface area (Å²) in [6.45, 7) is 3.18. The second kappa shape index (κ2) is 7.41. The lowest BCUT2D eigenvalue weighted by atomic mass is 10.2. The van der Waals surface area contributed by atoms with Crippen molar-refractivity contribution in [1.82, 2.24) is 9.80 Å². The average Bonchev–Trinajstić information content (AvgIpc) is 3.28. The van der Waals surface area contributed by atoms with E-state index >= 15 is 0 Å². The Kier molecular flexibility index (Phi) is 4.83. The first-order chi connectivity index (χ1) is 12.7. The van der Waals surface area contributed by atoms with Gasteiger partial charge in [-0.2, -0.15) is 0 Å². The first kappa shape index (κ1) is 17.0. The minimum atomic E-state index is -0.302. The summed E-state index contributed by atoms with van der Waals surface area (Å²) in [4.78, 5) is 28.6. The highest BCUT2D eigenvalue weighted by Gasteiger charge is 2.30. The summed E-state index contributed by atoms with van der Waals surface area (Å²) < 4.78 is 16.1. The zero-order valence-corrected chi connectivity index (χ0v) is 14.6. The van der Waals surface area contributed by atoms with Crippen LogP contribution in [0.5, 0.6) is 11.5 Å². The fourth-order valence-corrected chi connectivity index (χ4v) is 3.49. The third-order valence-corrected chi connectivity index (χ3v) is 4.92. The summed E-state index contributed by atoms with van der Waals surface area (Å²) >= 11 is 0. The SMILES string of the molecule is O=C(Nc1ccc2c(c1)OCO2)N1CCCN(C(=O)C2CCCO2)CC1. The molecule has 0 aromatic heterocycles. The summed E-state index contributed by atoms with van der Waals surface area (Å²) in [6, 6.07) is 5.15. The molecule has 8 heteroatoms. The van der Waals surface area contributed by atoms with Crippen molar-refractivity contribution in [1.29, 1.82) is 0 Å². The van der Waals surface area contributed by atoms with Crippen molar-refractivity contribution in [3.63, 3.8) is 0 Å². The van der Waals surface area contributed by atoms with E-state index in [9.17, 15) is 9.59 Å². The quantitative estimate of drug-likeness (QED) is 0.867. The fourth-order valence-electron chi connectivity index (χ4n) is 3.49. The Bertz CT molecular complexity index is 689. The molecule has 3 aliphatic rings. The molecule has 1 aromatic rings. The van der Waals surface area contributed by atoms with Crippen LogP contribution in [0.3, 0.4) is 0 Å². The maximum atomic E-state index is 12.6. The van der Waals surface area contributed by atoms with Gasteiger partial charge >= 0.3 is 6.03 Å². The van der Waals surface area contributed by atoms with Crippen molar-refractivity contribution < 1.29 is 23.8 Å². The number of fused-ring (bicyclic) bond motifs is 1. The van der Waals surface area contributed by atoms with Gasteiger partial charge in [-0.3, -0.25) is 4.79 Å². The van der Waals surface area contributed by atoms with Crippen LogP contribution in [0.2, 0.25) is 0 Å². The number of urea groups is 1. The summed E-state index contributed by atoms with van der Waals surface area (Å²) in [6.07, 6.45) is 2.19. The first-order valence-corrected chi connectivity index (χ1v) is 9.07. The molecule has 3 amide bonds. The van der Waals surface area contributed by atoms with Crippen molar-refractivity contribution in [3.8, 4) is 11.5 Å². The molecule has 3 heterocycles. The molecule has 0 spiro atoms. The van der Waals surface area contributed by atoms with Crippen LogP contribution in [-0.4, -0.2) is 67.4 Å². The molecule has 1 atom stereocenters. The number of rotatable bonds is 2. The monoisotopic (exact) mass is 361 g/mol. The van der Waals surface area contributed by atoms with Crippen LogP contribution in [0.15, 0.2) is 18.2 Å². The summed E-state index contributed by atoms with van der Waals surface area (Å²) in [7, 11) is 0. The van der Waals surface area contributed by atoms with Gasteiger partial charge < -0.3 is 29.3 Å². The standard InChI is InChI=1S/C18H23N3O5/c22-17(15-3-1-10-24-15)20-6-2-7-21(9-8-20)18(23)19-13-4-5-14-16(11-13)26-12-25-14/h4-5,11,15H,1-3,6-10,12H2,(H,19,23). The topological polar surface area (TPSA) is 80.3 Å². The molecule has 26 heavy (non-hydrogen) atoms. The van der Waals surface area contributed by atoms with E-state index in [0.29, 0.717) is 50.0 Å². The average molecular weight is 361 g/mol. The molecule has 4 rings (SSSR count). The van der Waals surface area contributed by atoms with E-state index in [-0.39, 0.29) is 24.8 Å². The minimum Gasteiger partial charge on any atom is -0.454 e. The number of carbonyl (C=O) groups excluding carboxylic acids is 2. The van der Waals surface area contributed by atoms with Crippen LogP contribution in [0.25, 0.3) is 0 Å². The molecule has 1 unspecified atom stereocenters. The lowest BCUT2D eigenvalue weighted by Crippen LogP contribution is -2.42. The van der Waals surface area contributed by atoms with E-state index in [1.807, 2.05) is 4.90 Å². The molecule has 0 saturated carbocycles. The van der Waals surface area contributed by atoms with E-state index in [2.05, 4.69) is 5.32 Å². The highest BCUT2D eigenvalue weighted by atomic mass is 16.7. The Morgan fingerprint density at radius 1 is 1.00 bits per heavy atom. The third-order valence-electron chi connectivity index (χ3n) is 4.92. The number of nitrogens with one attached hydrogen (secondary N) is 1. The van der Waals surface area contributed by atoms with Gasteiger partial charge in [0.15, 0.2) is 11.5 Å². The van der Waals surface area contributed by atoms with Crippen molar-refractivity contribution >= 4 is 17.6 Å². The molecular formula is C18H23N3O5. The molecule has 1 aromatic carbocycles. The van der Waals surface area contributed by atoms with Gasteiger partial charge in [0.2, 0.25) is 6.79 Å². The number of amides is 3. The van der Waals surface area contributed by atoms with Gasteiger partial charge in [-0.25, -0.2) is 4.79 Å². The Morgan fingerprint density at radius 2 is 1.81 bits per heavy atom. The number of nitrogens with zero attached hydrogens (tertiary/aromatic N) is 2. The maximum absolute atomic E-state index is 12.6. The van der Waals surface area contributed by atoms with Gasteiger partial charge in [0.1, 0.15) is 6.10 Å². The number of benzene rings is 1. The summed E-state index contributed by atoms with van der Waals surface area (Å²) in [5, 5.41) is 2.89. The molecule has 3 aliphatic heterocycles. The summed E-state index contributed by atoms with van der Waals surface area (Å²) in [5.74, 6) is 1.37. The predicted octanol–water partition coefficient (Wildman–Crippen LogP) is 1.66. The van der Waals surface area contributed by atoms with Crippen molar-refractivity contribution in [3.05, 3.63) is 18.2 Å². The zero-order valence-electron chi connectivity index (χ0n) is 14.6. The molecule has 0 bridgehead atoms. The van der Waals surface area contributed by atoms with E-state index in [0.717, 1.165) is 19.3 Å². The van der Waals surface area contributed by atoms with E-state index in [1.165, 1.54) is 0 Å². The normalized spacial score (nSPS) is 22.2. The highest BCUT2D eigenvalue weighted by molar-refractivity contribution is 5.90. The van der Waals surface area contributed by atoms with Gasteiger partial charge in [-0.05, 0) is 31.4 Å². The number of anilines is 1. The molecule has 8 nitrogen and oxygen atoms in total. The number of hydrogen-bond donors (Lipinski definition) is 1. The third kappa shape index (κ3) is 3.55. The van der Waals surface area contributed by atoms with Crippen LogP contribution < -0.4 is 14.8 Å². The van der Waals surface area contributed by atoms with Gasteiger partial charge in [0.25, 0.3) is 5.91 Å². The molecule has 140 valence electrons. The number of hydrogen-bond acceptors (Lipinski definition) is 5. The van der Waals surface area contributed by atoms with Gasteiger partial charge in [0, 0.05) is 44.5 Å². The highest BCUT2D eigenvalue weighted by Crippen LogP contribution is 2.34. The number of ether oxygens (including phenoxy) is 3. The van der Waals surface area contributed by atoms with E-state index in [1.54, 1.807) is 23.1 Å². The smallest absolute Gasteiger partial charge is 0.321 e. The van der Waals surface area contributed by atoms with Crippen molar-refractivity contribution in [2.75, 3.05) is 44.9 Å². The molecule has 2 fully saturated rings. The zero-order chi connectivity index (χ0) is 17.9. The molecular weight excluding hydrogens is 338 g/mol. The Labute approximate surface area is 152 Å². The second-order valence-corrected chi connectivity index (χ2v) is 6.67. The second-order valence-electron chi connectivity index (χ2n) is 6.67. The lowest BCUT2D eigenvalue weighted by Gasteiger charge is -2.24. The van der Waals surface area contributed by atoms with Gasteiger partial charge in [-0.15, -0.1) is 0 Å².